The van der Waals surface area contributed by atoms with Crippen molar-refractivity contribution in [3.05, 3.63) is 63.3 Å². The van der Waals surface area contributed by atoms with Gasteiger partial charge < -0.3 is 9.72 Å². The highest BCUT2D eigenvalue weighted by Crippen LogP contribution is 2.11. The summed E-state index contributed by atoms with van der Waals surface area (Å²) >= 11 is 0. The molecule has 0 saturated carbocycles. The summed E-state index contributed by atoms with van der Waals surface area (Å²) in [6.45, 7) is 0.251. The van der Waals surface area contributed by atoms with Crippen molar-refractivity contribution in [2.45, 2.75) is 6.61 Å². The predicted octanol–water partition coefficient (Wildman–Crippen LogP) is 0.263. The van der Waals surface area contributed by atoms with Crippen molar-refractivity contribution in [1.82, 2.24) is 29.1 Å². The summed E-state index contributed by atoms with van der Waals surface area (Å²) in [5.74, 6) is 0.852. The summed E-state index contributed by atoms with van der Waals surface area (Å²) in [4.78, 5) is 35.9. The molecule has 0 aliphatic rings. The standard InChI is InChI=1S/C15H12N6O3/c1-24-8-13-18-15-17-6-9-10(21(15)19-13)3-5-20(14(9)23)11-7-16-4-2-12(11)22/h2-7H,8H2,1H3,(H,16,22). The third kappa shape index (κ3) is 2.10. The van der Waals surface area contributed by atoms with Gasteiger partial charge in [0.05, 0.1) is 10.9 Å². The Hall–Kier alpha value is -3.33. The molecule has 24 heavy (non-hydrogen) atoms. The predicted molar refractivity (Wildman–Crippen MR) is 85.2 cm³/mol. The fraction of sp³-hybridized carbons (Fsp3) is 0.133. The quantitative estimate of drug-likeness (QED) is 0.579. The van der Waals surface area contributed by atoms with Crippen LogP contribution in [0.1, 0.15) is 5.82 Å². The Morgan fingerprint density at radius 2 is 2.17 bits per heavy atom. The Balaban J connectivity index is 2.00. The van der Waals surface area contributed by atoms with Crippen molar-refractivity contribution >= 4 is 16.7 Å². The van der Waals surface area contributed by atoms with E-state index in [0.29, 0.717) is 22.5 Å². The molecular weight excluding hydrogens is 312 g/mol. The van der Waals surface area contributed by atoms with Crippen molar-refractivity contribution in [2.24, 2.45) is 0 Å². The molecule has 120 valence electrons. The molecule has 4 heterocycles. The summed E-state index contributed by atoms with van der Waals surface area (Å²) in [7, 11) is 1.55. The van der Waals surface area contributed by atoms with Crippen molar-refractivity contribution in [2.75, 3.05) is 7.11 Å². The Labute approximate surface area is 134 Å². The number of pyridine rings is 2. The highest BCUT2D eigenvalue weighted by atomic mass is 16.5. The van der Waals surface area contributed by atoms with Crippen LogP contribution in [0.4, 0.5) is 0 Å². The van der Waals surface area contributed by atoms with Gasteiger partial charge in [0.15, 0.2) is 5.82 Å². The van der Waals surface area contributed by atoms with Gasteiger partial charge in [-0.1, -0.05) is 0 Å². The molecule has 4 rings (SSSR count). The zero-order valence-electron chi connectivity index (χ0n) is 12.6. The number of hydrogen-bond donors (Lipinski definition) is 1. The second-order valence-electron chi connectivity index (χ2n) is 5.11. The topological polar surface area (TPSA) is 107 Å². The van der Waals surface area contributed by atoms with Crippen molar-refractivity contribution < 1.29 is 4.74 Å². The molecule has 0 aliphatic carbocycles. The maximum absolute atomic E-state index is 12.7. The number of aromatic amines is 1. The molecule has 0 spiro atoms. The molecule has 0 fully saturated rings. The van der Waals surface area contributed by atoms with Crippen LogP contribution < -0.4 is 11.0 Å². The lowest BCUT2D eigenvalue weighted by molar-refractivity contribution is 0.178. The molecule has 9 nitrogen and oxygen atoms in total. The Morgan fingerprint density at radius 3 is 2.96 bits per heavy atom. The normalized spacial score (nSPS) is 11.4. The van der Waals surface area contributed by atoms with Gasteiger partial charge >= 0.3 is 0 Å². The van der Waals surface area contributed by atoms with Gasteiger partial charge in [0.1, 0.15) is 12.3 Å². The van der Waals surface area contributed by atoms with E-state index >= 15 is 0 Å². The van der Waals surface area contributed by atoms with Gasteiger partial charge in [-0.25, -0.2) is 4.98 Å². The highest BCUT2D eigenvalue weighted by molar-refractivity contribution is 5.78. The van der Waals surface area contributed by atoms with Gasteiger partial charge in [0, 0.05) is 38.0 Å². The largest absolute Gasteiger partial charge is 0.377 e. The summed E-state index contributed by atoms with van der Waals surface area (Å²) in [6, 6.07) is 3.06. The first-order valence-corrected chi connectivity index (χ1v) is 7.11. The molecule has 0 radical (unpaired) electrons. The molecule has 0 atom stereocenters. The maximum atomic E-state index is 12.7. The monoisotopic (exact) mass is 324 g/mol. The van der Waals surface area contributed by atoms with E-state index in [-0.39, 0.29) is 23.3 Å². The molecule has 0 unspecified atom stereocenters. The number of fused-ring (bicyclic) bond motifs is 3. The molecule has 0 aliphatic heterocycles. The minimum absolute atomic E-state index is 0.239. The summed E-state index contributed by atoms with van der Waals surface area (Å²) in [5, 5.41) is 4.63. The molecule has 0 saturated heterocycles. The second kappa shape index (κ2) is 5.39. The van der Waals surface area contributed by atoms with Gasteiger partial charge in [-0.3, -0.25) is 14.2 Å². The van der Waals surface area contributed by atoms with Crippen LogP contribution in [-0.2, 0) is 11.3 Å². The maximum Gasteiger partial charge on any atom is 0.266 e. The molecular formula is C15H12N6O3. The minimum Gasteiger partial charge on any atom is -0.377 e. The molecule has 0 amide bonds. The minimum atomic E-state index is -0.359. The molecule has 4 aromatic rings. The van der Waals surface area contributed by atoms with E-state index in [0.717, 1.165) is 0 Å². The first-order chi connectivity index (χ1) is 11.7. The Morgan fingerprint density at radius 1 is 1.29 bits per heavy atom. The van der Waals surface area contributed by atoms with E-state index in [1.807, 2.05) is 0 Å². The Bertz CT molecular complexity index is 1170. The second-order valence-corrected chi connectivity index (χ2v) is 5.11. The number of methoxy groups -OCH3 is 1. The summed E-state index contributed by atoms with van der Waals surface area (Å²) in [6.07, 6.45) is 5.96. The van der Waals surface area contributed by atoms with E-state index in [1.165, 1.54) is 39.9 Å². The molecule has 4 aromatic heterocycles. The van der Waals surface area contributed by atoms with Crippen LogP contribution in [0.25, 0.3) is 22.4 Å². The molecule has 9 heteroatoms. The first-order valence-electron chi connectivity index (χ1n) is 7.11. The lowest BCUT2D eigenvalue weighted by atomic mass is 10.3. The zero-order valence-corrected chi connectivity index (χ0v) is 12.6. The van der Waals surface area contributed by atoms with Gasteiger partial charge in [0.25, 0.3) is 11.3 Å². The number of nitrogens with zero attached hydrogens (tertiary/aromatic N) is 5. The van der Waals surface area contributed by atoms with Gasteiger partial charge in [-0.2, -0.15) is 9.50 Å². The van der Waals surface area contributed by atoms with E-state index in [1.54, 1.807) is 13.2 Å². The summed E-state index contributed by atoms with van der Waals surface area (Å²) < 4.78 is 7.78. The van der Waals surface area contributed by atoms with Gasteiger partial charge in [-0.05, 0) is 6.07 Å². The van der Waals surface area contributed by atoms with E-state index in [9.17, 15) is 9.59 Å². The zero-order chi connectivity index (χ0) is 16.7. The van der Waals surface area contributed by atoms with Crippen molar-refractivity contribution in [3.8, 4) is 5.69 Å². The van der Waals surface area contributed by atoms with Crippen molar-refractivity contribution in [3.63, 3.8) is 0 Å². The number of H-pyrrole nitrogens is 1. The van der Waals surface area contributed by atoms with E-state index in [2.05, 4.69) is 20.1 Å². The molecule has 1 N–H and O–H groups in total. The van der Waals surface area contributed by atoms with Crippen LogP contribution in [0.15, 0.2) is 46.5 Å². The first kappa shape index (κ1) is 14.3. The third-order valence-electron chi connectivity index (χ3n) is 3.61. The number of rotatable bonds is 3. The van der Waals surface area contributed by atoms with Gasteiger partial charge in [-0.15, -0.1) is 5.10 Å². The average Bonchev–Trinajstić information content (AvgIpc) is 2.99. The van der Waals surface area contributed by atoms with E-state index in [4.69, 9.17) is 4.74 Å². The van der Waals surface area contributed by atoms with Crippen LogP contribution in [-0.4, -0.2) is 36.2 Å². The fourth-order valence-electron chi connectivity index (χ4n) is 2.54. The van der Waals surface area contributed by atoms with Crippen LogP contribution in [0.5, 0.6) is 0 Å². The fourth-order valence-corrected chi connectivity index (χ4v) is 2.54. The number of nitrogens with one attached hydrogen (secondary N) is 1. The lowest BCUT2D eigenvalue weighted by Crippen LogP contribution is -2.23. The summed E-state index contributed by atoms with van der Waals surface area (Å²) in [5.41, 5.74) is 0.182. The van der Waals surface area contributed by atoms with Crippen LogP contribution in [0.2, 0.25) is 0 Å². The van der Waals surface area contributed by atoms with Crippen LogP contribution in [0, 0.1) is 0 Å². The van der Waals surface area contributed by atoms with E-state index < -0.39 is 0 Å². The average molecular weight is 324 g/mol. The smallest absolute Gasteiger partial charge is 0.266 e. The number of aromatic nitrogens is 6. The highest BCUT2D eigenvalue weighted by Gasteiger charge is 2.12. The SMILES string of the molecule is COCc1nc2ncc3c(=O)n(-c4c[nH]ccc4=O)ccc3n2n1. The number of ether oxygens (including phenoxy) is 1. The van der Waals surface area contributed by atoms with Gasteiger partial charge in [0.2, 0.25) is 5.43 Å². The number of hydrogen-bond acceptors (Lipinski definition) is 6. The molecule has 0 bridgehead atoms. The van der Waals surface area contributed by atoms with Crippen molar-refractivity contribution in [1.29, 1.82) is 0 Å². The Kier molecular flexibility index (Phi) is 3.21. The molecule has 0 aromatic carbocycles. The lowest BCUT2D eigenvalue weighted by Gasteiger charge is -2.06. The van der Waals surface area contributed by atoms with Crippen LogP contribution >= 0.6 is 0 Å². The third-order valence-corrected chi connectivity index (χ3v) is 3.61. The van der Waals surface area contributed by atoms with Crippen LogP contribution in [0.3, 0.4) is 0 Å².